The molecule has 0 atom stereocenters. The summed E-state index contributed by atoms with van der Waals surface area (Å²) in [5, 5.41) is 5.44. The summed E-state index contributed by atoms with van der Waals surface area (Å²) in [4.78, 5) is 22.8. The van der Waals surface area contributed by atoms with Crippen molar-refractivity contribution >= 4 is 17.7 Å². The third-order valence-electron chi connectivity index (χ3n) is 2.43. The number of hydrogen-bond donors (Lipinski definition) is 2. The first-order valence-corrected chi connectivity index (χ1v) is 5.82. The van der Waals surface area contributed by atoms with Crippen LogP contribution in [0.5, 0.6) is 0 Å². The number of urea groups is 1. The molecule has 0 aromatic heterocycles. The normalized spacial score (nSPS) is 9.72. The number of benzene rings is 1. The third kappa shape index (κ3) is 3.76. The van der Waals surface area contributed by atoms with E-state index in [1.807, 2.05) is 13.8 Å². The highest BCUT2D eigenvalue weighted by Gasteiger charge is 2.09. The number of amides is 2. The summed E-state index contributed by atoms with van der Waals surface area (Å²) in [6.45, 7) is 4.43. The first-order chi connectivity index (χ1) is 8.58. The molecule has 1 aromatic carbocycles. The standard InChI is InChI=1S/C13H18N2O3/c1-4-7-14-13(17)15-11-6-5-10(8-9(11)2)12(16)18-3/h5-6,8H,4,7H2,1-3H3,(H2,14,15,17). The van der Waals surface area contributed by atoms with E-state index in [-0.39, 0.29) is 12.0 Å². The molecule has 1 rings (SSSR count). The first kappa shape index (κ1) is 14.0. The van der Waals surface area contributed by atoms with Crippen molar-refractivity contribution in [1.29, 1.82) is 0 Å². The fraction of sp³-hybridized carbons (Fsp3) is 0.385. The van der Waals surface area contributed by atoms with Gasteiger partial charge < -0.3 is 15.4 Å². The molecule has 98 valence electrons. The minimum absolute atomic E-state index is 0.245. The Morgan fingerprint density at radius 1 is 1.33 bits per heavy atom. The molecule has 0 unspecified atom stereocenters. The summed E-state index contributed by atoms with van der Waals surface area (Å²) in [5.41, 5.74) is 1.95. The number of ether oxygens (including phenoxy) is 1. The lowest BCUT2D eigenvalue weighted by Gasteiger charge is -2.10. The van der Waals surface area contributed by atoms with Gasteiger partial charge in [0.05, 0.1) is 12.7 Å². The van der Waals surface area contributed by atoms with Gasteiger partial charge in [0.1, 0.15) is 0 Å². The molecule has 5 heteroatoms. The van der Waals surface area contributed by atoms with E-state index in [4.69, 9.17) is 0 Å². The summed E-state index contributed by atoms with van der Waals surface area (Å²) in [6, 6.07) is 4.74. The highest BCUT2D eigenvalue weighted by atomic mass is 16.5. The molecule has 0 aliphatic heterocycles. The molecule has 18 heavy (non-hydrogen) atoms. The number of esters is 1. The monoisotopic (exact) mass is 250 g/mol. The molecule has 0 heterocycles. The zero-order chi connectivity index (χ0) is 13.5. The van der Waals surface area contributed by atoms with E-state index < -0.39 is 0 Å². The Hall–Kier alpha value is -2.04. The largest absolute Gasteiger partial charge is 0.465 e. The van der Waals surface area contributed by atoms with Crippen LogP contribution in [0.15, 0.2) is 18.2 Å². The summed E-state index contributed by atoms with van der Waals surface area (Å²) < 4.78 is 4.63. The maximum Gasteiger partial charge on any atom is 0.337 e. The molecule has 0 saturated carbocycles. The zero-order valence-electron chi connectivity index (χ0n) is 10.9. The van der Waals surface area contributed by atoms with Crippen LogP contribution in [-0.4, -0.2) is 25.7 Å². The molecule has 2 N–H and O–H groups in total. The minimum atomic E-state index is -0.389. The van der Waals surface area contributed by atoms with E-state index >= 15 is 0 Å². The average Bonchev–Trinajstić information content (AvgIpc) is 2.37. The number of carbonyl (C=O) groups is 2. The summed E-state index contributed by atoms with van der Waals surface area (Å²) in [5.74, 6) is -0.389. The van der Waals surface area contributed by atoms with Crippen molar-refractivity contribution in [2.75, 3.05) is 19.0 Å². The van der Waals surface area contributed by atoms with Gasteiger partial charge in [0.15, 0.2) is 0 Å². The Labute approximate surface area is 107 Å². The van der Waals surface area contributed by atoms with E-state index in [1.165, 1.54) is 7.11 Å². The molecule has 2 amide bonds. The van der Waals surface area contributed by atoms with Gasteiger partial charge in [-0.05, 0) is 37.1 Å². The maximum absolute atomic E-state index is 11.5. The average molecular weight is 250 g/mol. The van der Waals surface area contributed by atoms with Crippen LogP contribution in [-0.2, 0) is 4.74 Å². The number of carbonyl (C=O) groups excluding carboxylic acids is 2. The van der Waals surface area contributed by atoms with Gasteiger partial charge in [0.2, 0.25) is 0 Å². The molecule has 5 nitrogen and oxygen atoms in total. The lowest BCUT2D eigenvalue weighted by molar-refractivity contribution is 0.0600. The van der Waals surface area contributed by atoms with Crippen LogP contribution in [0.3, 0.4) is 0 Å². The number of anilines is 1. The molecule has 0 spiro atoms. The SMILES string of the molecule is CCCNC(=O)Nc1ccc(C(=O)OC)cc1C. The number of methoxy groups -OCH3 is 1. The first-order valence-electron chi connectivity index (χ1n) is 5.82. The number of rotatable bonds is 4. The molecule has 0 fully saturated rings. The summed E-state index contributed by atoms with van der Waals surface area (Å²) in [6.07, 6.45) is 0.883. The molecular weight excluding hydrogens is 232 g/mol. The van der Waals surface area contributed by atoms with Gasteiger partial charge in [-0.3, -0.25) is 0 Å². The van der Waals surface area contributed by atoms with E-state index in [0.29, 0.717) is 17.8 Å². The van der Waals surface area contributed by atoms with Crippen LogP contribution in [0.25, 0.3) is 0 Å². The van der Waals surface area contributed by atoms with Crippen molar-refractivity contribution < 1.29 is 14.3 Å². The van der Waals surface area contributed by atoms with E-state index in [0.717, 1.165) is 12.0 Å². The predicted molar refractivity (Wildman–Crippen MR) is 69.8 cm³/mol. The second-order valence-electron chi connectivity index (χ2n) is 3.90. The zero-order valence-corrected chi connectivity index (χ0v) is 10.9. The van der Waals surface area contributed by atoms with E-state index in [2.05, 4.69) is 15.4 Å². The predicted octanol–water partition coefficient (Wildman–Crippen LogP) is 2.31. The highest BCUT2D eigenvalue weighted by molar-refractivity contribution is 5.93. The molecule has 0 radical (unpaired) electrons. The maximum atomic E-state index is 11.5. The number of aryl methyl sites for hydroxylation is 1. The van der Waals surface area contributed by atoms with Crippen LogP contribution in [0.2, 0.25) is 0 Å². The van der Waals surface area contributed by atoms with Gasteiger partial charge >= 0.3 is 12.0 Å². The van der Waals surface area contributed by atoms with Crippen LogP contribution >= 0.6 is 0 Å². The fourth-order valence-corrected chi connectivity index (χ4v) is 1.45. The highest BCUT2D eigenvalue weighted by Crippen LogP contribution is 2.16. The van der Waals surface area contributed by atoms with Gasteiger partial charge in [-0.15, -0.1) is 0 Å². The molecule has 1 aromatic rings. The Morgan fingerprint density at radius 2 is 2.06 bits per heavy atom. The van der Waals surface area contributed by atoms with Crippen molar-refractivity contribution in [3.8, 4) is 0 Å². The molecule has 0 bridgehead atoms. The third-order valence-corrected chi connectivity index (χ3v) is 2.43. The Bertz CT molecular complexity index is 444. The van der Waals surface area contributed by atoms with Crippen LogP contribution in [0.1, 0.15) is 29.3 Å². The smallest absolute Gasteiger partial charge is 0.337 e. The lowest BCUT2D eigenvalue weighted by atomic mass is 10.1. The minimum Gasteiger partial charge on any atom is -0.465 e. The second-order valence-corrected chi connectivity index (χ2v) is 3.90. The fourth-order valence-electron chi connectivity index (χ4n) is 1.45. The van der Waals surface area contributed by atoms with Gasteiger partial charge in [-0.25, -0.2) is 9.59 Å². The summed E-state index contributed by atoms with van der Waals surface area (Å²) >= 11 is 0. The van der Waals surface area contributed by atoms with Gasteiger partial charge in [-0.1, -0.05) is 6.92 Å². The topological polar surface area (TPSA) is 67.4 Å². The number of hydrogen-bond acceptors (Lipinski definition) is 3. The number of nitrogens with one attached hydrogen (secondary N) is 2. The summed E-state index contributed by atoms with van der Waals surface area (Å²) in [7, 11) is 1.34. The van der Waals surface area contributed by atoms with E-state index in [9.17, 15) is 9.59 Å². The van der Waals surface area contributed by atoms with Gasteiger partial charge in [-0.2, -0.15) is 0 Å². The van der Waals surface area contributed by atoms with Gasteiger partial charge in [0.25, 0.3) is 0 Å². The van der Waals surface area contributed by atoms with Crippen molar-refractivity contribution in [1.82, 2.24) is 5.32 Å². The van der Waals surface area contributed by atoms with Crippen molar-refractivity contribution in [2.45, 2.75) is 20.3 Å². The molecular formula is C13H18N2O3. The molecule has 0 aliphatic carbocycles. The van der Waals surface area contributed by atoms with Gasteiger partial charge in [0, 0.05) is 12.2 Å². The second kappa shape index (κ2) is 6.64. The van der Waals surface area contributed by atoms with Crippen molar-refractivity contribution in [3.05, 3.63) is 29.3 Å². The quantitative estimate of drug-likeness (QED) is 0.806. The Morgan fingerprint density at radius 3 is 2.61 bits per heavy atom. The van der Waals surface area contributed by atoms with Crippen molar-refractivity contribution in [3.63, 3.8) is 0 Å². The van der Waals surface area contributed by atoms with Crippen LogP contribution < -0.4 is 10.6 Å². The molecule has 0 aliphatic rings. The van der Waals surface area contributed by atoms with E-state index in [1.54, 1.807) is 18.2 Å². The Kier molecular flexibility index (Phi) is 5.17. The lowest BCUT2D eigenvalue weighted by Crippen LogP contribution is -2.29. The Balaban J connectivity index is 2.74. The van der Waals surface area contributed by atoms with Crippen LogP contribution in [0.4, 0.5) is 10.5 Å². The van der Waals surface area contributed by atoms with Crippen LogP contribution in [0, 0.1) is 6.92 Å². The molecule has 0 saturated heterocycles. The van der Waals surface area contributed by atoms with Crippen molar-refractivity contribution in [2.24, 2.45) is 0 Å².